The van der Waals surface area contributed by atoms with Crippen molar-refractivity contribution in [3.8, 4) is 27.9 Å². The van der Waals surface area contributed by atoms with E-state index in [2.05, 4.69) is 127 Å². The lowest BCUT2D eigenvalue weighted by molar-refractivity contribution is 0.670. The average molecular weight is 602 g/mol. The molecule has 220 valence electrons. The number of aryl methyl sites for hydroxylation is 1. The Kier molecular flexibility index (Phi) is 5.46. The minimum Gasteiger partial charge on any atom is -0.455 e. The summed E-state index contributed by atoms with van der Waals surface area (Å²) in [5, 5.41) is 6.92. The maximum absolute atomic E-state index is 6.33. The zero-order valence-electron chi connectivity index (χ0n) is 25.6. The number of benzene rings is 6. The van der Waals surface area contributed by atoms with Gasteiger partial charge in [0.05, 0.1) is 27.8 Å². The lowest BCUT2D eigenvalue weighted by Crippen LogP contribution is -1.98. The number of aromatic nitrogens is 3. The van der Waals surface area contributed by atoms with E-state index in [-0.39, 0.29) is 0 Å². The number of rotatable bonds is 3. The van der Waals surface area contributed by atoms with Crippen LogP contribution in [0.3, 0.4) is 0 Å². The first kappa shape index (κ1) is 26.0. The molecule has 0 aliphatic carbocycles. The van der Waals surface area contributed by atoms with Crippen molar-refractivity contribution in [2.24, 2.45) is 0 Å². The van der Waals surface area contributed by atoms with Crippen LogP contribution >= 0.6 is 0 Å². The van der Waals surface area contributed by atoms with Gasteiger partial charge in [0.2, 0.25) is 0 Å². The van der Waals surface area contributed by atoms with Crippen LogP contribution in [0.15, 0.2) is 150 Å². The first-order chi connectivity index (χ1) is 23.2. The summed E-state index contributed by atoms with van der Waals surface area (Å²) in [5.74, 6) is 0. The second kappa shape index (κ2) is 9.87. The predicted octanol–water partition coefficient (Wildman–Crippen LogP) is 11.4. The largest absolute Gasteiger partial charge is 0.455 e. The van der Waals surface area contributed by atoms with Crippen LogP contribution in [0, 0.1) is 6.92 Å². The minimum atomic E-state index is 0.916. The van der Waals surface area contributed by atoms with Crippen molar-refractivity contribution < 1.29 is 4.42 Å². The third-order valence-corrected chi connectivity index (χ3v) is 9.62. The lowest BCUT2D eigenvalue weighted by atomic mass is 9.98. The molecule has 10 rings (SSSR count). The number of para-hydroxylation sites is 3. The third kappa shape index (κ3) is 3.82. The van der Waals surface area contributed by atoms with Gasteiger partial charge >= 0.3 is 0 Å². The maximum atomic E-state index is 6.33. The van der Waals surface area contributed by atoms with Crippen molar-refractivity contribution in [3.05, 3.63) is 151 Å². The van der Waals surface area contributed by atoms with Gasteiger partial charge < -0.3 is 8.98 Å². The molecule has 6 aromatic carbocycles. The van der Waals surface area contributed by atoms with Gasteiger partial charge in [0.1, 0.15) is 11.2 Å². The Labute approximate surface area is 270 Å². The number of hydrogen-bond donors (Lipinski definition) is 0. The van der Waals surface area contributed by atoms with Gasteiger partial charge in [0, 0.05) is 50.3 Å². The van der Waals surface area contributed by atoms with Crippen LogP contribution in [-0.4, -0.2) is 14.5 Å². The highest BCUT2D eigenvalue weighted by Crippen LogP contribution is 2.40. The van der Waals surface area contributed by atoms with Gasteiger partial charge in [-0.3, -0.25) is 9.97 Å². The molecule has 0 spiro atoms. The topological polar surface area (TPSA) is 43.9 Å². The maximum Gasteiger partial charge on any atom is 0.143 e. The van der Waals surface area contributed by atoms with Gasteiger partial charge in [0.25, 0.3) is 0 Å². The number of furan rings is 1. The fraction of sp³-hybridized carbons (Fsp3) is 0.0233. The Bertz CT molecular complexity index is 2860. The molecule has 0 atom stereocenters. The summed E-state index contributed by atoms with van der Waals surface area (Å²) in [6.07, 6.45) is 3.86. The zero-order chi connectivity index (χ0) is 31.1. The summed E-state index contributed by atoms with van der Waals surface area (Å²) < 4.78 is 8.71. The quantitative estimate of drug-likeness (QED) is 0.189. The van der Waals surface area contributed by atoms with E-state index < -0.39 is 0 Å². The van der Waals surface area contributed by atoms with Gasteiger partial charge in [-0.1, -0.05) is 97.1 Å². The molecule has 0 fully saturated rings. The van der Waals surface area contributed by atoms with Crippen molar-refractivity contribution in [3.63, 3.8) is 0 Å². The molecule has 0 aliphatic rings. The molecular weight excluding hydrogens is 574 g/mol. The highest BCUT2D eigenvalue weighted by molar-refractivity contribution is 6.15. The molecule has 0 saturated heterocycles. The van der Waals surface area contributed by atoms with Crippen LogP contribution in [0.5, 0.6) is 0 Å². The van der Waals surface area contributed by atoms with E-state index in [1.807, 2.05) is 30.6 Å². The van der Waals surface area contributed by atoms with Crippen LogP contribution in [0.25, 0.3) is 93.5 Å². The Morgan fingerprint density at radius 3 is 2.21 bits per heavy atom. The van der Waals surface area contributed by atoms with Crippen molar-refractivity contribution >= 4 is 65.6 Å². The van der Waals surface area contributed by atoms with Gasteiger partial charge in [0.15, 0.2) is 0 Å². The van der Waals surface area contributed by atoms with E-state index in [0.717, 1.165) is 71.6 Å². The molecule has 47 heavy (non-hydrogen) atoms. The lowest BCUT2D eigenvalue weighted by Gasteiger charge is -2.13. The average Bonchev–Trinajstić information content (AvgIpc) is 3.67. The molecule has 4 heterocycles. The van der Waals surface area contributed by atoms with E-state index in [0.29, 0.717) is 0 Å². The van der Waals surface area contributed by atoms with Gasteiger partial charge in [-0.25, -0.2) is 0 Å². The van der Waals surface area contributed by atoms with Gasteiger partial charge in [-0.2, -0.15) is 0 Å². The number of fused-ring (bicyclic) bond motifs is 9. The van der Waals surface area contributed by atoms with E-state index in [1.165, 1.54) is 27.4 Å². The molecule has 0 radical (unpaired) electrons. The second-order valence-corrected chi connectivity index (χ2v) is 12.3. The number of pyridine rings is 2. The SMILES string of the molecule is Cc1ccnc2c1ncc1cccc(-n3c4ccccc4c4cc(-c5ccc(-c6cccc7c6oc6ccccc67)cc5)ccc43)c12. The monoisotopic (exact) mass is 601 g/mol. The molecule has 0 unspecified atom stereocenters. The molecule has 4 aromatic heterocycles. The summed E-state index contributed by atoms with van der Waals surface area (Å²) in [7, 11) is 0. The fourth-order valence-corrected chi connectivity index (χ4v) is 7.37. The molecule has 0 amide bonds. The summed E-state index contributed by atoms with van der Waals surface area (Å²) in [4.78, 5) is 9.60. The molecule has 0 saturated carbocycles. The van der Waals surface area contributed by atoms with E-state index in [4.69, 9.17) is 14.4 Å². The number of hydrogen-bond acceptors (Lipinski definition) is 3. The normalized spacial score (nSPS) is 11.9. The minimum absolute atomic E-state index is 0.916. The van der Waals surface area contributed by atoms with Crippen molar-refractivity contribution in [2.75, 3.05) is 0 Å². The Hall–Kier alpha value is -6.26. The van der Waals surface area contributed by atoms with E-state index in [1.54, 1.807) is 0 Å². The molecule has 0 N–H and O–H groups in total. The predicted molar refractivity (Wildman–Crippen MR) is 194 cm³/mol. The van der Waals surface area contributed by atoms with Crippen molar-refractivity contribution in [1.82, 2.24) is 14.5 Å². The standard InChI is InChI=1S/C43H27N3O/c1-26-22-23-44-42-40-30(25-45-41(26)42)8-6-14-38(40)46-36-13-4-2-9-32(36)35-24-29(20-21-37(35)46)27-16-18-28(19-17-27)31-11-7-12-34-33-10-3-5-15-39(33)47-43(31)34/h2-25H,1H3. The summed E-state index contributed by atoms with van der Waals surface area (Å²) in [6, 6.07) is 47.4. The van der Waals surface area contributed by atoms with Crippen LogP contribution in [0.4, 0.5) is 0 Å². The summed E-state index contributed by atoms with van der Waals surface area (Å²) >= 11 is 0. The fourth-order valence-electron chi connectivity index (χ4n) is 7.37. The number of nitrogens with zero attached hydrogens (tertiary/aromatic N) is 3. The smallest absolute Gasteiger partial charge is 0.143 e. The highest BCUT2D eigenvalue weighted by Gasteiger charge is 2.18. The molecular formula is C43H27N3O. The molecule has 0 bridgehead atoms. The molecule has 4 nitrogen and oxygen atoms in total. The van der Waals surface area contributed by atoms with E-state index >= 15 is 0 Å². The van der Waals surface area contributed by atoms with Crippen LogP contribution in [0.2, 0.25) is 0 Å². The molecule has 10 aromatic rings. The zero-order valence-corrected chi connectivity index (χ0v) is 25.6. The van der Waals surface area contributed by atoms with Crippen LogP contribution in [0.1, 0.15) is 5.56 Å². The first-order valence-electron chi connectivity index (χ1n) is 15.9. The van der Waals surface area contributed by atoms with Crippen molar-refractivity contribution in [1.29, 1.82) is 0 Å². The van der Waals surface area contributed by atoms with Crippen LogP contribution < -0.4 is 0 Å². The molecule has 4 heteroatoms. The first-order valence-corrected chi connectivity index (χ1v) is 15.9. The highest BCUT2D eigenvalue weighted by atomic mass is 16.3. The second-order valence-electron chi connectivity index (χ2n) is 12.3. The van der Waals surface area contributed by atoms with Crippen molar-refractivity contribution in [2.45, 2.75) is 6.92 Å². The summed E-state index contributed by atoms with van der Waals surface area (Å²) in [6.45, 7) is 2.10. The summed E-state index contributed by atoms with van der Waals surface area (Å²) in [5.41, 5.74) is 12.9. The van der Waals surface area contributed by atoms with Gasteiger partial charge in [-0.05, 0) is 65.6 Å². The Balaban J connectivity index is 1.13. The van der Waals surface area contributed by atoms with Gasteiger partial charge in [-0.15, -0.1) is 0 Å². The Morgan fingerprint density at radius 2 is 1.30 bits per heavy atom. The van der Waals surface area contributed by atoms with Crippen LogP contribution in [-0.2, 0) is 0 Å². The Morgan fingerprint density at radius 1 is 0.553 bits per heavy atom. The molecule has 0 aliphatic heterocycles. The third-order valence-electron chi connectivity index (χ3n) is 9.62. The van der Waals surface area contributed by atoms with E-state index in [9.17, 15) is 0 Å².